The number of fused-ring (bicyclic) bond motifs is 1. The van der Waals surface area contributed by atoms with Crippen LogP contribution in [0.2, 0.25) is 0 Å². The van der Waals surface area contributed by atoms with Gasteiger partial charge in [0.25, 0.3) is 0 Å². The molecule has 0 N–H and O–H groups in total. The molecule has 4 rings (SSSR count). The van der Waals surface area contributed by atoms with Crippen LogP contribution in [0.3, 0.4) is 0 Å². The van der Waals surface area contributed by atoms with Crippen LogP contribution in [0.25, 0.3) is 0 Å². The summed E-state index contributed by atoms with van der Waals surface area (Å²) in [5, 5.41) is 0. The standard InChI is InChI=1S/C32H37F6N5O3/c1-6-24-16-27(25-12-20(3)8-9-26(25)43(24)30(44)46-7-2)42(29-18-39-17-28(40-29)41(4)10-11-45-5)19-21-13-22(31(33,34)35)15-23(14-21)32(36,37)38/h8-9,12-15,17-18,24,27H,6-7,10-11,16,19H2,1-5H3/t24-,27+/m1/s1. The number of anilines is 3. The van der Waals surface area contributed by atoms with Gasteiger partial charge in [-0.15, -0.1) is 0 Å². The van der Waals surface area contributed by atoms with E-state index in [-0.39, 0.29) is 30.6 Å². The lowest BCUT2D eigenvalue weighted by atomic mass is 9.87. The van der Waals surface area contributed by atoms with Gasteiger partial charge in [-0.3, -0.25) is 9.88 Å². The van der Waals surface area contributed by atoms with Crippen LogP contribution >= 0.6 is 0 Å². The number of aryl methyl sites for hydroxylation is 1. The normalized spacial score (nSPS) is 16.6. The Kier molecular flexibility index (Phi) is 10.7. The molecule has 0 unspecified atom stereocenters. The van der Waals surface area contributed by atoms with Gasteiger partial charge < -0.3 is 19.3 Å². The zero-order valence-corrected chi connectivity index (χ0v) is 26.2. The second-order valence-electron chi connectivity index (χ2n) is 11.1. The monoisotopic (exact) mass is 653 g/mol. The molecule has 2 aromatic carbocycles. The molecule has 46 heavy (non-hydrogen) atoms. The first-order chi connectivity index (χ1) is 21.7. The number of methoxy groups -OCH3 is 1. The van der Waals surface area contributed by atoms with Crippen molar-refractivity contribution in [3.63, 3.8) is 0 Å². The zero-order valence-electron chi connectivity index (χ0n) is 26.2. The molecule has 2 atom stereocenters. The van der Waals surface area contributed by atoms with Crippen LogP contribution in [0, 0.1) is 6.92 Å². The van der Waals surface area contributed by atoms with Crippen LogP contribution in [-0.2, 0) is 28.4 Å². The van der Waals surface area contributed by atoms with Gasteiger partial charge in [0.2, 0.25) is 0 Å². The highest BCUT2D eigenvalue weighted by Gasteiger charge is 2.41. The molecule has 250 valence electrons. The molecule has 14 heteroatoms. The Morgan fingerprint density at radius 1 is 1.00 bits per heavy atom. The number of amides is 1. The minimum absolute atomic E-state index is 0.114. The molecule has 8 nitrogen and oxygen atoms in total. The van der Waals surface area contributed by atoms with Gasteiger partial charge in [-0.1, -0.05) is 24.6 Å². The van der Waals surface area contributed by atoms with E-state index in [1.54, 1.807) is 41.8 Å². The first kappa shape index (κ1) is 34.8. The number of carbonyl (C=O) groups is 1. The number of aromatic nitrogens is 2. The van der Waals surface area contributed by atoms with E-state index in [1.165, 1.54) is 12.4 Å². The second-order valence-corrected chi connectivity index (χ2v) is 11.1. The Bertz CT molecular complexity index is 1480. The topological polar surface area (TPSA) is 71.0 Å². The molecular weight excluding hydrogens is 616 g/mol. The third-order valence-electron chi connectivity index (χ3n) is 7.90. The number of likely N-dealkylation sites (N-methyl/N-ethyl adjacent to an activating group) is 1. The number of nitrogens with zero attached hydrogens (tertiary/aromatic N) is 5. The summed E-state index contributed by atoms with van der Waals surface area (Å²) in [6, 6.07) is 6.04. The van der Waals surface area contributed by atoms with Gasteiger partial charge in [0, 0.05) is 33.3 Å². The van der Waals surface area contributed by atoms with Crippen LogP contribution in [0.15, 0.2) is 48.8 Å². The van der Waals surface area contributed by atoms with Crippen molar-refractivity contribution in [2.24, 2.45) is 0 Å². The molecular formula is C32H37F6N5O3. The smallest absolute Gasteiger partial charge is 0.416 e. The third-order valence-corrected chi connectivity index (χ3v) is 7.90. The summed E-state index contributed by atoms with van der Waals surface area (Å²) in [5.41, 5.74) is -0.983. The highest BCUT2D eigenvalue weighted by molar-refractivity contribution is 5.90. The Morgan fingerprint density at radius 3 is 2.24 bits per heavy atom. The molecule has 0 spiro atoms. The quantitative estimate of drug-likeness (QED) is 0.207. The van der Waals surface area contributed by atoms with Crippen LogP contribution in [0.5, 0.6) is 0 Å². The van der Waals surface area contributed by atoms with Crippen LogP contribution in [0.1, 0.15) is 60.5 Å². The molecule has 1 aliphatic heterocycles. The molecule has 0 fully saturated rings. The van der Waals surface area contributed by atoms with Gasteiger partial charge in [-0.2, -0.15) is 26.3 Å². The Labute approximate surface area is 263 Å². The summed E-state index contributed by atoms with van der Waals surface area (Å²) >= 11 is 0. The summed E-state index contributed by atoms with van der Waals surface area (Å²) < 4.78 is 93.6. The summed E-state index contributed by atoms with van der Waals surface area (Å²) in [4.78, 5) is 27.3. The third kappa shape index (κ3) is 7.83. The number of carbonyl (C=O) groups excluding carboxylic acids is 1. The van der Waals surface area contributed by atoms with Gasteiger partial charge in [0.1, 0.15) is 11.6 Å². The number of benzene rings is 2. The second kappa shape index (κ2) is 14.1. The van der Waals surface area contributed by atoms with E-state index >= 15 is 0 Å². The molecule has 0 radical (unpaired) electrons. The molecule has 0 saturated heterocycles. The van der Waals surface area contributed by atoms with Crippen molar-refractivity contribution in [1.82, 2.24) is 9.97 Å². The molecule has 0 aliphatic carbocycles. The number of hydrogen-bond acceptors (Lipinski definition) is 7. The van der Waals surface area contributed by atoms with Gasteiger partial charge in [-0.05, 0) is 62.1 Å². The predicted octanol–water partition coefficient (Wildman–Crippen LogP) is 7.80. The van der Waals surface area contributed by atoms with E-state index in [1.807, 2.05) is 26.0 Å². The SMILES string of the molecule is CCOC(=O)N1c2ccc(C)cc2[C@@H](N(Cc2cc(C(F)(F)F)cc(C(F)(F)F)c2)c2cncc(N(C)CCOC)n2)C[C@H]1CC. The first-order valence-electron chi connectivity index (χ1n) is 14.8. The van der Waals surface area contributed by atoms with Gasteiger partial charge >= 0.3 is 18.4 Å². The largest absolute Gasteiger partial charge is 0.449 e. The molecule has 0 bridgehead atoms. The highest BCUT2D eigenvalue weighted by atomic mass is 19.4. The predicted molar refractivity (Wildman–Crippen MR) is 162 cm³/mol. The lowest BCUT2D eigenvalue weighted by Gasteiger charge is -2.44. The lowest BCUT2D eigenvalue weighted by molar-refractivity contribution is -0.143. The molecule has 1 amide bonds. The van der Waals surface area contributed by atoms with E-state index in [2.05, 4.69) is 4.98 Å². The summed E-state index contributed by atoms with van der Waals surface area (Å²) in [6.07, 6.45) is -6.82. The summed E-state index contributed by atoms with van der Waals surface area (Å²) in [5.74, 6) is 0.671. The lowest BCUT2D eigenvalue weighted by Crippen LogP contribution is -2.48. The van der Waals surface area contributed by atoms with Crippen molar-refractivity contribution >= 4 is 23.4 Å². The molecule has 1 aliphatic rings. The minimum atomic E-state index is -5.01. The van der Waals surface area contributed by atoms with Gasteiger partial charge in [-0.25, -0.2) is 9.78 Å². The van der Waals surface area contributed by atoms with Crippen LogP contribution in [-0.4, -0.2) is 56.0 Å². The van der Waals surface area contributed by atoms with Crippen molar-refractivity contribution in [2.45, 2.75) is 64.6 Å². The van der Waals surface area contributed by atoms with E-state index in [4.69, 9.17) is 14.5 Å². The highest BCUT2D eigenvalue weighted by Crippen LogP contribution is 2.45. The fourth-order valence-corrected chi connectivity index (χ4v) is 5.60. The van der Waals surface area contributed by atoms with Gasteiger partial charge in [0.15, 0.2) is 0 Å². The average molecular weight is 654 g/mol. The summed E-state index contributed by atoms with van der Waals surface area (Å²) in [7, 11) is 3.32. The fraction of sp³-hybridized carbons (Fsp3) is 0.469. The number of halogens is 6. The number of rotatable bonds is 10. The minimum Gasteiger partial charge on any atom is -0.449 e. The van der Waals surface area contributed by atoms with Gasteiger partial charge in [0.05, 0.1) is 48.5 Å². The Morgan fingerprint density at radius 2 is 1.65 bits per heavy atom. The van der Waals surface area contributed by atoms with E-state index in [0.29, 0.717) is 43.1 Å². The van der Waals surface area contributed by atoms with Crippen LogP contribution < -0.4 is 14.7 Å². The Hall–Kier alpha value is -4.07. The van der Waals surface area contributed by atoms with Crippen molar-refractivity contribution in [3.8, 4) is 0 Å². The maximum atomic E-state index is 13.8. The van der Waals surface area contributed by atoms with Crippen LogP contribution in [0.4, 0.5) is 48.5 Å². The van der Waals surface area contributed by atoms with Crippen molar-refractivity contribution in [1.29, 1.82) is 0 Å². The Balaban J connectivity index is 1.92. The first-order valence-corrected chi connectivity index (χ1v) is 14.8. The number of hydrogen-bond donors (Lipinski definition) is 0. The number of ether oxygens (including phenoxy) is 2. The molecule has 2 heterocycles. The summed E-state index contributed by atoms with van der Waals surface area (Å²) in [6.45, 7) is 6.08. The molecule has 1 aromatic heterocycles. The maximum Gasteiger partial charge on any atom is 0.416 e. The van der Waals surface area contributed by atoms with E-state index < -0.39 is 41.7 Å². The maximum absolute atomic E-state index is 13.8. The fourth-order valence-electron chi connectivity index (χ4n) is 5.60. The molecule has 0 saturated carbocycles. The number of alkyl halides is 6. The zero-order chi connectivity index (χ0) is 33.8. The van der Waals surface area contributed by atoms with Crippen molar-refractivity contribution in [3.05, 3.63) is 76.6 Å². The molecule has 3 aromatic rings. The van der Waals surface area contributed by atoms with Crippen molar-refractivity contribution < 1.29 is 40.6 Å². The van der Waals surface area contributed by atoms with E-state index in [9.17, 15) is 31.1 Å². The van der Waals surface area contributed by atoms with Crippen molar-refractivity contribution in [2.75, 3.05) is 48.6 Å². The van der Waals surface area contributed by atoms with E-state index in [0.717, 1.165) is 17.7 Å². The average Bonchev–Trinajstić information content (AvgIpc) is 3.00.